The highest BCUT2D eigenvalue weighted by molar-refractivity contribution is 5.75. The summed E-state index contributed by atoms with van der Waals surface area (Å²) >= 11 is 0. The Labute approximate surface area is 90.9 Å². The lowest BCUT2D eigenvalue weighted by Gasteiger charge is -2.03. The lowest BCUT2D eigenvalue weighted by Crippen LogP contribution is -2.08. The van der Waals surface area contributed by atoms with Gasteiger partial charge in [-0.1, -0.05) is 0 Å². The number of carbonyl (C=O) groups is 2. The Hall–Kier alpha value is -0.900. The third-order valence-electron chi connectivity index (χ3n) is 1.95. The summed E-state index contributed by atoms with van der Waals surface area (Å²) in [5.41, 5.74) is 0. The molecule has 4 nitrogen and oxygen atoms in total. The van der Waals surface area contributed by atoms with E-state index in [1.54, 1.807) is 14.0 Å². The van der Waals surface area contributed by atoms with Gasteiger partial charge in [-0.25, -0.2) is 0 Å². The lowest BCUT2D eigenvalue weighted by molar-refractivity contribution is -0.144. The van der Waals surface area contributed by atoms with Crippen LogP contribution in [-0.4, -0.2) is 32.1 Å². The minimum Gasteiger partial charge on any atom is -0.466 e. The molecule has 15 heavy (non-hydrogen) atoms. The fourth-order valence-electron chi connectivity index (χ4n) is 1.10. The van der Waals surface area contributed by atoms with Crippen LogP contribution < -0.4 is 0 Å². The number of ether oxygens (including phenoxy) is 2. The third-order valence-corrected chi connectivity index (χ3v) is 1.95. The average Bonchev–Trinajstić information content (AvgIpc) is 2.19. The first-order valence-electron chi connectivity index (χ1n) is 5.31. The molecular weight excluding hydrogens is 196 g/mol. The van der Waals surface area contributed by atoms with Crippen LogP contribution in [0.4, 0.5) is 0 Å². The van der Waals surface area contributed by atoms with E-state index in [9.17, 15) is 9.59 Å². The Balaban J connectivity index is 3.16. The molecule has 0 aliphatic carbocycles. The smallest absolute Gasteiger partial charge is 0.308 e. The average molecular weight is 216 g/mol. The van der Waals surface area contributed by atoms with Crippen molar-refractivity contribution in [2.75, 3.05) is 20.3 Å². The molecule has 0 fully saturated rings. The first-order chi connectivity index (χ1) is 7.16. The molecular formula is C11H20O4. The molecule has 0 unspecified atom stereocenters. The number of hydrogen-bond donors (Lipinski definition) is 0. The number of Topliss-reactive ketones (excluding diaryl/α,β-unsaturated/α-hetero) is 1. The minimum atomic E-state index is -0.219. The quantitative estimate of drug-likeness (QED) is 0.435. The van der Waals surface area contributed by atoms with Gasteiger partial charge in [-0.05, 0) is 26.2 Å². The largest absolute Gasteiger partial charge is 0.466 e. The SMILES string of the molecule is COCCC(=O)OCCCCCC(C)=O. The third kappa shape index (κ3) is 11.0. The normalized spacial score (nSPS) is 10.0. The van der Waals surface area contributed by atoms with Crippen LogP contribution in [0.15, 0.2) is 0 Å². The van der Waals surface area contributed by atoms with E-state index < -0.39 is 0 Å². The van der Waals surface area contributed by atoms with Gasteiger partial charge in [0.25, 0.3) is 0 Å². The van der Waals surface area contributed by atoms with Gasteiger partial charge >= 0.3 is 5.97 Å². The Morgan fingerprint density at radius 2 is 1.73 bits per heavy atom. The predicted octanol–water partition coefficient (Wildman–Crippen LogP) is 1.72. The highest BCUT2D eigenvalue weighted by Crippen LogP contribution is 2.01. The standard InChI is InChI=1S/C11H20O4/c1-10(12)6-4-3-5-8-15-11(13)7-9-14-2/h3-9H2,1-2H3. The molecule has 0 N–H and O–H groups in total. The second kappa shape index (κ2) is 9.65. The van der Waals surface area contributed by atoms with Crippen molar-refractivity contribution in [1.82, 2.24) is 0 Å². The van der Waals surface area contributed by atoms with E-state index in [1.807, 2.05) is 0 Å². The zero-order valence-corrected chi connectivity index (χ0v) is 9.58. The Morgan fingerprint density at radius 1 is 1.00 bits per heavy atom. The molecule has 0 saturated heterocycles. The van der Waals surface area contributed by atoms with Crippen molar-refractivity contribution in [3.63, 3.8) is 0 Å². The molecule has 0 heterocycles. The van der Waals surface area contributed by atoms with E-state index in [4.69, 9.17) is 9.47 Å². The fourth-order valence-corrected chi connectivity index (χ4v) is 1.10. The number of carbonyl (C=O) groups excluding carboxylic acids is 2. The van der Waals surface area contributed by atoms with Crippen LogP contribution >= 0.6 is 0 Å². The van der Waals surface area contributed by atoms with Gasteiger partial charge in [0.1, 0.15) is 5.78 Å². The molecule has 0 aliphatic rings. The summed E-state index contributed by atoms with van der Waals surface area (Å²) in [6, 6.07) is 0. The monoisotopic (exact) mass is 216 g/mol. The summed E-state index contributed by atoms with van der Waals surface area (Å²) in [5, 5.41) is 0. The van der Waals surface area contributed by atoms with Crippen LogP contribution in [0.3, 0.4) is 0 Å². The van der Waals surface area contributed by atoms with Gasteiger partial charge in [-0.3, -0.25) is 4.79 Å². The molecule has 0 spiro atoms. The summed E-state index contributed by atoms with van der Waals surface area (Å²) in [6.07, 6.45) is 3.57. The van der Waals surface area contributed by atoms with Gasteiger partial charge in [0.05, 0.1) is 19.6 Å². The topological polar surface area (TPSA) is 52.6 Å². The minimum absolute atomic E-state index is 0.215. The van der Waals surface area contributed by atoms with Gasteiger partial charge in [0.15, 0.2) is 0 Å². The number of hydrogen-bond acceptors (Lipinski definition) is 4. The Bertz CT molecular complexity index is 189. The van der Waals surface area contributed by atoms with Crippen molar-refractivity contribution < 1.29 is 19.1 Å². The van der Waals surface area contributed by atoms with Crippen LogP contribution in [0.5, 0.6) is 0 Å². The number of ketones is 1. The molecule has 0 rings (SSSR count). The maximum absolute atomic E-state index is 11.0. The van der Waals surface area contributed by atoms with Crippen molar-refractivity contribution in [1.29, 1.82) is 0 Å². The van der Waals surface area contributed by atoms with Crippen molar-refractivity contribution in [2.24, 2.45) is 0 Å². The van der Waals surface area contributed by atoms with Crippen LogP contribution in [0.1, 0.15) is 39.0 Å². The van der Waals surface area contributed by atoms with Crippen molar-refractivity contribution in [3.8, 4) is 0 Å². The molecule has 0 aliphatic heterocycles. The van der Waals surface area contributed by atoms with Gasteiger partial charge in [-0.15, -0.1) is 0 Å². The maximum Gasteiger partial charge on any atom is 0.308 e. The molecule has 0 bridgehead atoms. The van der Waals surface area contributed by atoms with Gasteiger partial charge < -0.3 is 14.3 Å². The van der Waals surface area contributed by atoms with Crippen LogP contribution in [0.2, 0.25) is 0 Å². The number of rotatable bonds is 9. The summed E-state index contributed by atoms with van der Waals surface area (Å²) in [4.78, 5) is 21.6. The molecule has 4 heteroatoms. The summed E-state index contributed by atoms with van der Waals surface area (Å²) in [6.45, 7) is 2.44. The molecule has 0 aromatic heterocycles. The first kappa shape index (κ1) is 14.1. The number of esters is 1. The summed E-state index contributed by atoms with van der Waals surface area (Å²) in [7, 11) is 1.55. The van der Waals surface area contributed by atoms with E-state index in [-0.39, 0.29) is 11.8 Å². The molecule has 0 aromatic rings. The highest BCUT2D eigenvalue weighted by atomic mass is 16.5. The lowest BCUT2D eigenvalue weighted by atomic mass is 10.1. The van der Waals surface area contributed by atoms with E-state index in [1.165, 1.54) is 0 Å². The molecule has 0 radical (unpaired) electrons. The van der Waals surface area contributed by atoms with Gasteiger partial charge in [0, 0.05) is 13.5 Å². The van der Waals surface area contributed by atoms with E-state index in [0.717, 1.165) is 19.3 Å². The van der Waals surface area contributed by atoms with E-state index in [0.29, 0.717) is 26.1 Å². The van der Waals surface area contributed by atoms with Crippen molar-refractivity contribution >= 4 is 11.8 Å². The first-order valence-corrected chi connectivity index (χ1v) is 5.31. The van der Waals surface area contributed by atoms with E-state index in [2.05, 4.69) is 0 Å². The Morgan fingerprint density at radius 3 is 2.33 bits per heavy atom. The zero-order valence-electron chi connectivity index (χ0n) is 9.58. The van der Waals surface area contributed by atoms with Gasteiger partial charge in [0.2, 0.25) is 0 Å². The van der Waals surface area contributed by atoms with Crippen LogP contribution in [0, 0.1) is 0 Å². The maximum atomic E-state index is 11.0. The van der Waals surface area contributed by atoms with Crippen molar-refractivity contribution in [3.05, 3.63) is 0 Å². The summed E-state index contributed by atoms with van der Waals surface area (Å²) in [5.74, 6) is -0.00416. The predicted molar refractivity (Wildman–Crippen MR) is 56.6 cm³/mol. The summed E-state index contributed by atoms with van der Waals surface area (Å²) < 4.78 is 9.69. The van der Waals surface area contributed by atoms with Gasteiger partial charge in [-0.2, -0.15) is 0 Å². The zero-order chi connectivity index (χ0) is 11.5. The molecule has 0 aromatic carbocycles. The Kier molecular flexibility index (Phi) is 9.07. The van der Waals surface area contributed by atoms with Crippen molar-refractivity contribution in [2.45, 2.75) is 39.0 Å². The number of methoxy groups -OCH3 is 1. The van der Waals surface area contributed by atoms with E-state index >= 15 is 0 Å². The second-order valence-corrected chi connectivity index (χ2v) is 3.48. The molecule has 0 atom stereocenters. The molecule has 0 amide bonds. The molecule has 0 saturated carbocycles. The number of unbranched alkanes of at least 4 members (excludes halogenated alkanes) is 2. The fraction of sp³-hybridized carbons (Fsp3) is 0.818. The highest BCUT2D eigenvalue weighted by Gasteiger charge is 2.01. The van der Waals surface area contributed by atoms with Crippen LogP contribution in [0.25, 0.3) is 0 Å². The second-order valence-electron chi connectivity index (χ2n) is 3.48. The van der Waals surface area contributed by atoms with Crippen LogP contribution in [-0.2, 0) is 19.1 Å². The molecule has 88 valence electrons.